The molecule has 3 heterocycles. The zero-order valence-electron chi connectivity index (χ0n) is 14.0. The Kier molecular flexibility index (Phi) is 3.94. The molecule has 0 N–H and O–H groups in total. The smallest absolute Gasteiger partial charge is 0.272 e. The molecule has 1 saturated heterocycles. The molecule has 5 heteroatoms. The molecule has 0 aliphatic carbocycles. The van der Waals surface area contributed by atoms with E-state index < -0.39 is 0 Å². The molecule has 2 aliphatic heterocycles. The molecule has 4 rings (SSSR count). The van der Waals surface area contributed by atoms with Crippen molar-refractivity contribution in [3.8, 4) is 0 Å². The van der Waals surface area contributed by atoms with Gasteiger partial charge in [0.15, 0.2) is 0 Å². The maximum absolute atomic E-state index is 12.6. The summed E-state index contributed by atoms with van der Waals surface area (Å²) >= 11 is 0. The second-order valence-corrected chi connectivity index (χ2v) is 6.53. The molecule has 1 aromatic carbocycles. The Labute approximate surface area is 142 Å². The van der Waals surface area contributed by atoms with E-state index in [2.05, 4.69) is 46.1 Å². The first kappa shape index (κ1) is 15.1. The Hall–Kier alpha value is -2.40. The fourth-order valence-corrected chi connectivity index (χ4v) is 3.45. The highest BCUT2D eigenvalue weighted by Crippen LogP contribution is 2.33. The first-order valence-electron chi connectivity index (χ1n) is 8.52. The van der Waals surface area contributed by atoms with Gasteiger partial charge in [0.05, 0.1) is 11.9 Å². The summed E-state index contributed by atoms with van der Waals surface area (Å²) in [6, 6.07) is 12.3. The standard InChI is InChI=1S/C19H22N4O/c1-21-10-12-22(13-11-21)19(24)17-7-6-16(14-20-17)23-9-8-15-4-2-3-5-18(15)23/h2-7,14H,8-13H2,1H3. The van der Waals surface area contributed by atoms with E-state index in [0.29, 0.717) is 5.69 Å². The molecule has 0 spiro atoms. The highest BCUT2D eigenvalue weighted by Gasteiger charge is 2.23. The molecule has 2 aromatic rings. The van der Waals surface area contributed by atoms with Gasteiger partial charge in [-0.05, 0) is 37.2 Å². The van der Waals surface area contributed by atoms with Crippen LogP contribution in [-0.2, 0) is 6.42 Å². The lowest BCUT2D eigenvalue weighted by Gasteiger charge is -2.32. The number of piperazine rings is 1. The molecule has 2 aliphatic rings. The number of hydrogen-bond donors (Lipinski definition) is 0. The van der Waals surface area contributed by atoms with Gasteiger partial charge in [-0.15, -0.1) is 0 Å². The van der Waals surface area contributed by atoms with Crippen LogP contribution in [-0.4, -0.2) is 60.5 Å². The number of fused-ring (bicyclic) bond motifs is 1. The fourth-order valence-electron chi connectivity index (χ4n) is 3.45. The highest BCUT2D eigenvalue weighted by atomic mass is 16.2. The number of nitrogens with zero attached hydrogens (tertiary/aromatic N) is 4. The molecule has 0 unspecified atom stereocenters. The number of amides is 1. The summed E-state index contributed by atoms with van der Waals surface area (Å²) in [5.74, 6) is 0.0384. The van der Waals surface area contributed by atoms with Crippen LogP contribution in [0.2, 0.25) is 0 Å². The largest absolute Gasteiger partial charge is 0.340 e. The highest BCUT2D eigenvalue weighted by molar-refractivity contribution is 5.92. The topological polar surface area (TPSA) is 39.7 Å². The number of para-hydroxylation sites is 1. The average Bonchev–Trinajstić information content (AvgIpc) is 3.06. The van der Waals surface area contributed by atoms with E-state index in [4.69, 9.17) is 0 Å². The number of likely N-dealkylation sites (N-methyl/N-ethyl adjacent to an activating group) is 1. The second-order valence-electron chi connectivity index (χ2n) is 6.53. The van der Waals surface area contributed by atoms with Crippen LogP contribution < -0.4 is 4.90 Å². The van der Waals surface area contributed by atoms with Crippen LogP contribution in [0.15, 0.2) is 42.6 Å². The molecular formula is C19H22N4O. The number of hydrogen-bond acceptors (Lipinski definition) is 4. The monoisotopic (exact) mass is 322 g/mol. The Morgan fingerprint density at radius 1 is 1.00 bits per heavy atom. The third-order valence-corrected chi connectivity index (χ3v) is 4.96. The molecule has 1 fully saturated rings. The van der Waals surface area contributed by atoms with Crippen LogP contribution in [0.1, 0.15) is 16.1 Å². The quantitative estimate of drug-likeness (QED) is 0.849. The minimum absolute atomic E-state index is 0.0384. The third-order valence-electron chi connectivity index (χ3n) is 4.96. The van der Waals surface area contributed by atoms with Crippen molar-refractivity contribution in [1.82, 2.24) is 14.8 Å². The minimum atomic E-state index is 0.0384. The zero-order valence-corrected chi connectivity index (χ0v) is 14.0. The van der Waals surface area contributed by atoms with Crippen LogP contribution >= 0.6 is 0 Å². The van der Waals surface area contributed by atoms with Crippen molar-refractivity contribution in [3.63, 3.8) is 0 Å². The molecule has 0 bridgehead atoms. The van der Waals surface area contributed by atoms with Crippen LogP contribution in [0, 0.1) is 0 Å². The molecule has 0 saturated carbocycles. The first-order chi connectivity index (χ1) is 11.7. The number of carbonyl (C=O) groups excluding carboxylic acids is 1. The Morgan fingerprint density at radius 3 is 2.54 bits per heavy atom. The van der Waals surface area contributed by atoms with E-state index in [-0.39, 0.29) is 5.91 Å². The molecule has 1 aromatic heterocycles. The summed E-state index contributed by atoms with van der Waals surface area (Å²) < 4.78 is 0. The average molecular weight is 322 g/mol. The maximum Gasteiger partial charge on any atom is 0.272 e. The van der Waals surface area contributed by atoms with Crippen molar-refractivity contribution >= 4 is 17.3 Å². The van der Waals surface area contributed by atoms with Gasteiger partial charge in [0, 0.05) is 38.4 Å². The SMILES string of the molecule is CN1CCN(C(=O)c2ccc(N3CCc4ccccc43)cn2)CC1. The Morgan fingerprint density at radius 2 is 1.79 bits per heavy atom. The number of benzene rings is 1. The number of rotatable bonds is 2. The lowest BCUT2D eigenvalue weighted by molar-refractivity contribution is 0.0658. The van der Waals surface area contributed by atoms with Gasteiger partial charge < -0.3 is 14.7 Å². The van der Waals surface area contributed by atoms with Gasteiger partial charge >= 0.3 is 0 Å². The van der Waals surface area contributed by atoms with Crippen molar-refractivity contribution in [2.24, 2.45) is 0 Å². The second kappa shape index (κ2) is 6.24. The molecule has 24 heavy (non-hydrogen) atoms. The van der Waals surface area contributed by atoms with E-state index in [1.165, 1.54) is 11.3 Å². The molecule has 124 valence electrons. The summed E-state index contributed by atoms with van der Waals surface area (Å²) in [5.41, 5.74) is 4.21. The van der Waals surface area contributed by atoms with Crippen molar-refractivity contribution in [3.05, 3.63) is 53.9 Å². The van der Waals surface area contributed by atoms with Crippen LogP contribution in [0.4, 0.5) is 11.4 Å². The maximum atomic E-state index is 12.6. The summed E-state index contributed by atoms with van der Waals surface area (Å²) in [7, 11) is 2.09. The lowest BCUT2D eigenvalue weighted by atomic mass is 10.2. The fraction of sp³-hybridized carbons (Fsp3) is 0.368. The Balaban J connectivity index is 1.50. The van der Waals surface area contributed by atoms with E-state index in [9.17, 15) is 4.79 Å². The van der Waals surface area contributed by atoms with Gasteiger partial charge in [-0.1, -0.05) is 18.2 Å². The predicted octanol–water partition coefficient (Wildman–Crippen LogP) is 2.16. The number of aromatic nitrogens is 1. The number of carbonyl (C=O) groups is 1. The van der Waals surface area contributed by atoms with Gasteiger partial charge in [0.25, 0.3) is 5.91 Å². The third kappa shape index (κ3) is 2.76. The van der Waals surface area contributed by atoms with E-state index in [0.717, 1.165) is 44.8 Å². The van der Waals surface area contributed by atoms with E-state index in [1.54, 1.807) is 0 Å². The number of pyridine rings is 1. The van der Waals surface area contributed by atoms with Crippen molar-refractivity contribution in [2.45, 2.75) is 6.42 Å². The van der Waals surface area contributed by atoms with Gasteiger partial charge in [-0.2, -0.15) is 0 Å². The predicted molar refractivity (Wildman–Crippen MR) is 94.8 cm³/mol. The molecular weight excluding hydrogens is 300 g/mol. The molecule has 1 amide bonds. The summed E-state index contributed by atoms with van der Waals surface area (Å²) in [5, 5.41) is 0. The van der Waals surface area contributed by atoms with Crippen LogP contribution in [0.25, 0.3) is 0 Å². The summed E-state index contributed by atoms with van der Waals surface area (Å²) in [6.45, 7) is 4.37. The van der Waals surface area contributed by atoms with Crippen molar-refractivity contribution in [2.75, 3.05) is 44.7 Å². The van der Waals surface area contributed by atoms with Crippen molar-refractivity contribution < 1.29 is 4.79 Å². The van der Waals surface area contributed by atoms with Crippen LogP contribution in [0.5, 0.6) is 0 Å². The molecule has 0 atom stereocenters. The van der Waals surface area contributed by atoms with E-state index in [1.807, 2.05) is 23.2 Å². The number of anilines is 2. The molecule has 5 nitrogen and oxygen atoms in total. The van der Waals surface area contributed by atoms with Crippen molar-refractivity contribution in [1.29, 1.82) is 0 Å². The van der Waals surface area contributed by atoms with Gasteiger partial charge in [-0.25, -0.2) is 4.98 Å². The van der Waals surface area contributed by atoms with Gasteiger partial charge in [-0.3, -0.25) is 4.79 Å². The van der Waals surface area contributed by atoms with Gasteiger partial charge in [0.2, 0.25) is 0 Å². The normalized spacial score (nSPS) is 17.9. The summed E-state index contributed by atoms with van der Waals surface area (Å²) in [4.78, 5) is 23.4. The lowest BCUT2D eigenvalue weighted by Crippen LogP contribution is -2.47. The Bertz CT molecular complexity index is 735. The van der Waals surface area contributed by atoms with Gasteiger partial charge in [0.1, 0.15) is 5.69 Å². The minimum Gasteiger partial charge on any atom is -0.340 e. The van der Waals surface area contributed by atoms with E-state index >= 15 is 0 Å². The molecule has 0 radical (unpaired) electrons. The summed E-state index contributed by atoms with van der Waals surface area (Å²) in [6.07, 6.45) is 2.88. The van der Waals surface area contributed by atoms with Crippen LogP contribution in [0.3, 0.4) is 0 Å². The first-order valence-corrected chi connectivity index (χ1v) is 8.52. The zero-order chi connectivity index (χ0) is 16.5.